The van der Waals surface area contributed by atoms with Crippen molar-refractivity contribution in [1.82, 2.24) is 4.72 Å². The number of aryl methyl sites for hydroxylation is 1. The van der Waals surface area contributed by atoms with Gasteiger partial charge in [0.05, 0.1) is 3.79 Å². The summed E-state index contributed by atoms with van der Waals surface area (Å²) < 4.78 is 28.0. The Morgan fingerprint density at radius 1 is 1.35 bits per heavy atom. The van der Waals surface area contributed by atoms with Crippen LogP contribution in [0.15, 0.2) is 38.3 Å². The van der Waals surface area contributed by atoms with Crippen LogP contribution in [0.2, 0.25) is 5.02 Å². The molecule has 2 aromatic rings. The van der Waals surface area contributed by atoms with Crippen molar-refractivity contribution in [3.8, 4) is 0 Å². The normalized spacial score (nSPS) is 11.8. The predicted molar refractivity (Wildman–Crippen MR) is 87.1 cm³/mol. The smallest absolute Gasteiger partial charge is 0.210 e. The van der Waals surface area contributed by atoms with E-state index in [0.29, 0.717) is 22.2 Å². The molecule has 1 aromatic heterocycles. The highest BCUT2D eigenvalue weighted by molar-refractivity contribution is 9.11. The predicted octanol–water partition coefficient (Wildman–Crippen LogP) is 3.99. The topological polar surface area (TPSA) is 46.2 Å². The first-order valence-corrected chi connectivity index (χ1v) is 9.35. The maximum Gasteiger partial charge on any atom is 0.250 e. The molecule has 3 nitrogen and oxygen atoms in total. The number of rotatable bonds is 5. The zero-order valence-corrected chi connectivity index (χ0v) is 14.7. The van der Waals surface area contributed by atoms with Crippen LogP contribution in [0.3, 0.4) is 0 Å². The number of hydrogen-bond donors (Lipinski definition) is 1. The number of sulfonamides is 1. The Balaban J connectivity index is 1.99. The fourth-order valence-corrected chi connectivity index (χ4v) is 5.17. The summed E-state index contributed by atoms with van der Waals surface area (Å²) >= 11 is 10.4. The molecule has 1 aromatic carbocycles. The number of thiophene rings is 1. The fourth-order valence-electron chi connectivity index (χ4n) is 1.66. The Bertz CT molecular complexity index is 693. The minimum Gasteiger partial charge on any atom is -0.210 e. The first kappa shape index (κ1) is 16.0. The van der Waals surface area contributed by atoms with Gasteiger partial charge in [-0.25, -0.2) is 13.1 Å². The van der Waals surface area contributed by atoms with Gasteiger partial charge in [-0.05, 0) is 58.6 Å². The molecule has 2 rings (SSSR count). The highest BCUT2D eigenvalue weighted by atomic mass is 79.9. The maximum atomic E-state index is 12.1. The summed E-state index contributed by atoms with van der Waals surface area (Å²) in [5.41, 5.74) is 1.92. The van der Waals surface area contributed by atoms with Gasteiger partial charge < -0.3 is 0 Å². The second kappa shape index (κ2) is 6.58. The quantitative estimate of drug-likeness (QED) is 0.833. The van der Waals surface area contributed by atoms with Crippen molar-refractivity contribution in [3.05, 3.63) is 50.3 Å². The maximum absolute atomic E-state index is 12.1. The summed E-state index contributed by atoms with van der Waals surface area (Å²) in [6.45, 7) is 2.21. The van der Waals surface area contributed by atoms with Crippen molar-refractivity contribution in [2.24, 2.45) is 0 Å². The molecule has 20 heavy (non-hydrogen) atoms. The summed E-state index contributed by atoms with van der Waals surface area (Å²) in [7, 11) is -3.44. The van der Waals surface area contributed by atoms with Crippen LogP contribution < -0.4 is 4.72 Å². The summed E-state index contributed by atoms with van der Waals surface area (Å²) in [6.07, 6.45) is 0.602. The van der Waals surface area contributed by atoms with E-state index in [2.05, 4.69) is 20.7 Å². The molecule has 1 N–H and O–H groups in total. The van der Waals surface area contributed by atoms with Gasteiger partial charge in [-0.3, -0.25) is 0 Å². The van der Waals surface area contributed by atoms with Crippen LogP contribution in [0.4, 0.5) is 0 Å². The number of nitrogens with one attached hydrogen (secondary N) is 1. The number of benzene rings is 1. The van der Waals surface area contributed by atoms with Gasteiger partial charge in [0.1, 0.15) is 4.21 Å². The van der Waals surface area contributed by atoms with Crippen LogP contribution in [-0.4, -0.2) is 15.0 Å². The fraction of sp³-hybridized carbons (Fsp3) is 0.231. The lowest BCUT2D eigenvalue weighted by Gasteiger charge is -2.05. The average molecular weight is 395 g/mol. The first-order chi connectivity index (χ1) is 9.38. The number of hydrogen-bond acceptors (Lipinski definition) is 3. The van der Waals surface area contributed by atoms with E-state index >= 15 is 0 Å². The number of halogens is 2. The Kier molecular flexibility index (Phi) is 5.25. The van der Waals surface area contributed by atoms with Crippen molar-refractivity contribution in [2.75, 3.05) is 6.54 Å². The summed E-state index contributed by atoms with van der Waals surface area (Å²) in [5.74, 6) is 0. The minimum absolute atomic E-state index is 0.327. The molecule has 0 aliphatic rings. The van der Waals surface area contributed by atoms with Gasteiger partial charge in [-0.2, -0.15) is 0 Å². The van der Waals surface area contributed by atoms with Gasteiger partial charge in [-0.15, -0.1) is 11.3 Å². The monoisotopic (exact) mass is 393 g/mol. The molecule has 7 heteroatoms. The third-order valence-electron chi connectivity index (χ3n) is 2.69. The lowest BCUT2D eigenvalue weighted by Crippen LogP contribution is -2.25. The molecule has 0 fully saturated rings. The van der Waals surface area contributed by atoms with Gasteiger partial charge in [0.2, 0.25) is 10.0 Å². The molecule has 0 spiro atoms. The lowest BCUT2D eigenvalue weighted by atomic mass is 10.2. The molecular formula is C13H13BrClNO2S2. The molecule has 0 bridgehead atoms. The zero-order chi connectivity index (χ0) is 14.8. The van der Waals surface area contributed by atoms with Crippen LogP contribution in [0, 0.1) is 6.92 Å². The molecule has 0 aliphatic carbocycles. The van der Waals surface area contributed by atoms with Gasteiger partial charge in [-0.1, -0.05) is 23.7 Å². The molecule has 0 saturated heterocycles. The minimum atomic E-state index is -3.44. The van der Waals surface area contributed by atoms with E-state index in [9.17, 15) is 8.42 Å². The van der Waals surface area contributed by atoms with Crippen LogP contribution in [0.25, 0.3) is 0 Å². The Labute approximate surface area is 136 Å². The molecule has 0 saturated carbocycles. The third kappa shape index (κ3) is 4.05. The molecule has 0 aliphatic heterocycles. The van der Waals surface area contributed by atoms with E-state index in [4.69, 9.17) is 11.6 Å². The highest BCUT2D eigenvalue weighted by Crippen LogP contribution is 2.30. The lowest BCUT2D eigenvalue weighted by molar-refractivity contribution is 0.583. The Morgan fingerprint density at radius 2 is 2.10 bits per heavy atom. The summed E-state index contributed by atoms with van der Waals surface area (Å²) in [4.78, 5) is 0. The van der Waals surface area contributed by atoms with Gasteiger partial charge in [0.15, 0.2) is 0 Å². The van der Waals surface area contributed by atoms with Crippen LogP contribution >= 0.6 is 38.9 Å². The van der Waals surface area contributed by atoms with E-state index in [1.165, 1.54) is 11.3 Å². The highest BCUT2D eigenvalue weighted by Gasteiger charge is 2.17. The van der Waals surface area contributed by atoms with E-state index < -0.39 is 10.0 Å². The van der Waals surface area contributed by atoms with Crippen LogP contribution in [-0.2, 0) is 16.4 Å². The van der Waals surface area contributed by atoms with E-state index in [1.807, 2.05) is 25.1 Å². The molecule has 0 unspecified atom stereocenters. The molecule has 0 radical (unpaired) electrons. The van der Waals surface area contributed by atoms with Gasteiger partial charge in [0, 0.05) is 11.6 Å². The summed E-state index contributed by atoms with van der Waals surface area (Å²) in [5, 5.41) is 0.656. The summed E-state index contributed by atoms with van der Waals surface area (Å²) in [6, 6.07) is 9.07. The Hall–Kier alpha value is -0.400. The van der Waals surface area contributed by atoms with Gasteiger partial charge in [0.25, 0.3) is 0 Å². The van der Waals surface area contributed by atoms with E-state index in [0.717, 1.165) is 14.9 Å². The van der Waals surface area contributed by atoms with Gasteiger partial charge >= 0.3 is 0 Å². The van der Waals surface area contributed by atoms with E-state index in [-0.39, 0.29) is 0 Å². The van der Waals surface area contributed by atoms with Crippen molar-refractivity contribution in [2.45, 2.75) is 17.6 Å². The second-order valence-corrected chi connectivity index (χ2v) is 9.10. The average Bonchev–Trinajstić information content (AvgIpc) is 2.70. The van der Waals surface area contributed by atoms with Crippen LogP contribution in [0.5, 0.6) is 0 Å². The molecule has 0 amide bonds. The second-order valence-electron chi connectivity index (χ2n) is 4.30. The van der Waals surface area contributed by atoms with Crippen molar-refractivity contribution >= 4 is 48.9 Å². The van der Waals surface area contributed by atoms with Crippen molar-refractivity contribution in [1.29, 1.82) is 0 Å². The zero-order valence-electron chi connectivity index (χ0n) is 10.7. The third-order valence-corrected chi connectivity index (χ3v) is 7.00. The largest absolute Gasteiger partial charge is 0.250 e. The Morgan fingerprint density at radius 3 is 2.70 bits per heavy atom. The van der Waals surface area contributed by atoms with Crippen LogP contribution in [0.1, 0.15) is 11.1 Å². The first-order valence-electron chi connectivity index (χ1n) is 5.88. The van der Waals surface area contributed by atoms with Crippen molar-refractivity contribution < 1.29 is 8.42 Å². The molecule has 1 heterocycles. The standard InChI is InChI=1S/C13H13BrClNO2S2/c1-9-7-12(19-13(9)14)20(17,18)16-6-5-10-3-2-4-11(15)8-10/h2-4,7-8,16H,5-6H2,1H3. The molecule has 0 atom stereocenters. The van der Waals surface area contributed by atoms with E-state index in [1.54, 1.807) is 12.1 Å². The molecule has 108 valence electrons. The van der Waals surface area contributed by atoms with Crippen molar-refractivity contribution in [3.63, 3.8) is 0 Å². The molecular weight excluding hydrogens is 382 g/mol. The SMILES string of the molecule is Cc1cc(S(=O)(=O)NCCc2cccc(Cl)c2)sc1Br.